The fourth-order valence-corrected chi connectivity index (χ4v) is 8.71. The van der Waals surface area contributed by atoms with Crippen LogP contribution >= 0.6 is 0 Å². The van der Waals surface area contributed by atoms with Gasteiger partial charge in [-0.25, -0.2) is 15.0 Å². The summed E-state index contributed by atoms with van der Waals surface area (Å²) in [6, 6.07) is 65.6. The Balaban J connectivity index is 1.13. The molecule has 0 atom stereocenters. The molecule has 0 amide bonds. The van der Waals surface area contributed by atoms with Crippen molar-refractivity contribution in [2.75, 3.05) is 0 Å². The Morgan fingerprint density at radius 1 is 0.351 bits per heavy atom. The van der Waals surface area contributed by atoms with Gasteiger partial charge in [-0.1, -0.05) is 133 Å². The van der Waals surface area contributed by atoms with E-state index in [2.05, 4.69) is 137 Å². The average molecular weight is 730 g/mol. The Bertz CT molecular complexity index is 3490. The summed E-state index contributed by atoms with van der Waals surface area (Å²) in [7, 11) is 0. The number of fused-ring (bicyclic) bond motifs is 9. The minimum Gasteiger partial charge on any atom is -0.456 e. The van der Waals surface area contributed by atoms with Crippen LogP contribution < -0.4 is 0 Å². The molecule has 0 bridgehead atoms. The predicted molar refractivity (Wildman–Crippen MR) is 232 cm³/mol. The van der Waals surface area contributed by atoms with Gasteiger partial charge in [0.1, 0.15) is 11.2 Å². The zero-order valence-electron chi connectivity index (χ0n) is 30.5. The van der Waals surface area contributed by atoms with Crippen LogP contribution in [0, 0.1) is 0 Å². The summed E-state index contributed by atoms with van der Waals surface area (Å²) in [6.45, 7) is 0. The highest BCUT2D eigenvalue weighted by atomic mass is 16.3. The summed E-state index contributed by atoms with van der Waals surface area (Å²) in [4.78, 5) is 15.7. The van der Waals surface area contributed by atoms with E-state index in [1.807, 2.05) is 60.7 Å². The molecule has 0 aliphatic rings. The monoisotopic (exact) mass is 729 g/mol. The van der Waals surface area contributed by atoms with Crippen molar-refractivity contribution in [3.8, 4) is 45.5 Å². The molecular weight excluding hydrogens is 699 g/mol. The molecule has 6 heteroatoms. The van der Waals surface area contributed by atoms with E-state index >= 15 is 0 Å². The van der Waals surface area contributed by atoms with Gasteiger partial charge in [0.2, 0.25) is 0 Å². The summed E-state index contributed by atoms with van der Waals surface area (Å²) >= 11 is 0. The molecule has 0 aliphatic carbocycles. The minimum atomic E-state index is 0.585. The topological polar surface area (TPSA) is 61.7 Å². The van der Waals surface area contributed by atoms with Crippen LogP contribution in [0.2, 0.25) is 0 Å². The summed E-state index contributed by atoms with van der Waals surface area (Å²) < 4.78 is 11.0. The number of furan rings is 1. The van der Waals surface area contributed by atoms with Crippen LogP contribution in [0.3, 0.4) is 0 Å². The molecule has 12 aromatic rings. The maximum Gasteiger partial charge on any atom is 0.166 e. The lowest BCUT2D eigenvalue weighted by atomic mass is 10.1. The number of benzene rings is 8. The van der Waals surface area contributed by atoms with Gasteiger partial charge >= 0.3 is 0 Å². The molecule has 0 N–H and O–H groups in total. The Kier molecular flexibility index (Phi) is 6.83. The first-order valence-corrected chi connectivity index (χ1v) is 19.1. The van der Waals surface area contributed by atoms with Gasteiger partial charge in [-0.15, -0.1) is 0 Å². The second-order valence-electron chi connectivity index (χ2n) is 14.4. The van der Waals surface area contributed by atoms with Gasteiger partial charge in [-0.2, -0.15) is 0 Å². The van der Waals surface area contributed by atoms with E-state index in [0.29, 0.717) is 17.5 Å². The number of para-hydroxylation sites is 5. The second-order valence-corrected chi connectivity index (χ2v) is 14.4. The van der Waals surface area contributed by atoms with E-state index in [1.54, 1.807) is 0 Å². The lowest BCUT2D eigenvalue weighted by Crippen LogP contribution is -2.04. The summed E-state index contributed by atoms with van der Waals surface area (Å²) in [5.74, 6) is 1.77. The molecule has 4 aromatic heterocycles. The Hall–Kier alpha value is -7.83. The Morgan fingerprint density at radius 3 is 1.61 bits per heavy atom. The fraction of sp³-hybridized carbons (Fsp3) is 0. The third kappa shape index (κ3) is 4.81. The van der Waals surface area contributed by atoms with Crippen molar-refractivity contribution in [1.82, 2.24) is 24.1 Å². The smallest absolute Gasteiger partial charge is 0.166 e. The normalized spacial score (nSPS) is 11.9. The van der Waals surface area contributed by atoms with Crippen molar-refractivity contribution in [2.24, 2.45) is 0 Å². The minimum absolute atomic E-state index is 0.585. The van der Waals surface area contributed by atoms with Gasteiger partial charge in [0, 0.05) is 54.7 Å². The van der Waals surface area contributed by atoms with Crippen molar-refractivity contribution in [1.29, 1.82) is 0 Å². The number of hydrogen-bond acceptors (Lipinski definition) is 4. The molecule has 0 fully saturated rings. The van der Waals surface area contributed by atoms with E-state index in [-0.39, 0.29) is 0 Å². The molecule has 8 aromatic carbocycles. The zero-order valence-corrected chi connectivity index (χ0v) is 30.5. The van der Waals surface area contributed by atoms with Crippen LogP contribution in [-0.4, -0.2) is 24.1 Å². The largest absolute Gasteiger partial charge is 0.456 e. The first kappa shape index (κ1) is 31.5. The van der Waals surface area contributed by atoms with Crippen LogP contribution in [0.1, 0.15) is 0 Å². The number of rotatable bonds is 5. The molecule has 0 unspecified atom stereocenters. The van der Waals surface area contributed by atoms with Crippen LogP contribution in [-0.2, 0) is 0 Å². The van der Waals surface area contributed by atoms with E-state index < -0.39 is 0 Å². The molecule has 12 rings (SSSR count). The standard InChI is InChI=1S/C51H31N5O/c1-2-15-32(16-3-1)49-52-50(54-51(53-49)40-22-14-28-47-48(40)39-21-8-13-27-46(39)57-47)38-20-7-12-26-44(38)56-43-25-11-6-19-36(43)37-30-29-33(31-45(37)56)55-41-23-9-4-17-34(41)35-18-5-10-24-42(35)55/h1-31H. The van der Waals surface area contributed by atoms with Gasteiger partial charge in [0.25, 0.3) is 0 Å². The van der Waals surface area contributed by atoms with Gasteiger partial charge in [0.15, 0.2) is 17.5 Å². The molecule has 0 spiro atoms. The van der Waals surface area contributed by atoms with E-state index in [0.717, 1.165) is 61.0 Å². The Labute approximate surface area is 326 Å². The highest BCUT2D eigenvalue weighted by Gasteiger charge is 2.22. The molecule has 0 saturated carbocycles. The van der Waals surface area contributed by atoms with Crippen molar-refractivity contribution in [3.63, 3.8) is 0 Å². The van der Waals surface area contributed by atoms with Gasteiger partial charge in [-0.05, 0) is 54.6 Å². The van der Waals surface area contributed by atoms with Crippen molar-refractivity contribution in [2.45, 2.75) is 0 Å². The lowest BCUT2D eigenvalue weighted by molar-refractivity contribution is 0.669. The summed E-state index contributed by atoms with van der Waals surface area (Å²) in [6.07, 6.45) is 0. The highest BCUT2D eigenvalue weighted by molar-refractivity contribution is 6.13. The molecule has 0 saturated heterocycles. The van der Waals surface area contributed by atoms with E-state index in [9.17, 15) is 0 Å². The van der Waals surface area contributed by atoms with Crippen molar-refractivity contribution in [3.05, 3.63) is 188 Å². The number of nitrogens with zero attached hydrogens (tertiary/aromatic N) is 5. The number of aromatic nitrogens is 5. The second kappa shape index (κ2) is 12.3. The first-order chi connectivity index (χ1) is 28.3. The van der Waals surface area contributed by atoms with Crippen molar-refractivity contribution < 1.29 is 4.42 Å². The molecule has 4 heterocycles. The average Bonchev–Trinajstić information content (AvgIpc) is 3.94. The van der Waals surface area contributed by atoms with Gasteiger partial charge in [-0.3, -0.25) is 0 Å². The molecule has 57 heavy (non-hydrogen) atoms. The SMILES string of the molecule is c1ccc(-c2nc(-c3ccccc3-n3c4ccccc4c4ccc(-n5c6ccccc6c6ccccc65)cc43)nc(-c3cccc4oc5ccccc5c34)n2)cc1. The summed E-state index contributed by atoms with van der Waals surface area (Å²) in [5, 5.41) is 6.82. The summed E-state index contributed by atoms with van der Waals surface area (Å²) in [5.41, 5.74) is 10.9. The first-order valence-electron chi connectivity index (χ1n) is 19.1. The molecular formula is C51H31N5O. The van der Waals surface area contributed by atoms with Crippen LogP contribution in [0.4, 0.5) is 0 Å². The maximum atomic E-state index is 6.30. The third-order valence-electron chi connectivity index (χ3n) is 11.2. The van der Waals surface area contributed by atoms with E-state index in [1.165, 1.54) is 32.6 Å². The number of hydrogen-bond donors (Lipinski definition) is 0. The van der Waals surface area contributed by atoms with Gasteiger partial charge in [0.05, 0.1) is 27.8 Å². The van der Waals surface area contributed by atoms with Gasteiger partial charge < -0.3 is 13.6 Å². The molecule has 0 aliphatic heterocycles. The zero-order chi connectivity index (χ0) is 37.5. The van der Waals surface area contributed by atoms with Crippen LogP contribution in [0.15, 0.2) is 192 Å². The molecule has 6 nitrogen and oxygen atoms in total. The third-order valence-corrected chi connectivity index (χ3v) is 11.2. The lowest BCUT2D eigenvalue weighted by Gasteiger charge is -2.15. The maximum absolute atomic E-state index is 6.30. The van der Waals surface area contributed by atoms with Crippen LogP contribution in [0.5, 0.6) is 0 Å². The van der Waals surface area contributed by atoms with Crippen LogP contribution in [0.25, 0.3) is 111 Å². The molecule has 0 radical (unpaired) electrons. The Morgan fingerprint density at radius 2 is 0.877 bits per heavy atom. The van der Waals surface area contributed by atoms with E-state index in [4.69, 9.17) is 19.4 Å². The quantitative estimate of drug-likeness (QED) is 0.177. The molecule has 266 valence electrons. The van der Waals surface area contributed by atoms with Crippen molar-refractivity contribution >= 4 is 65.6 Å². The highest BCUT2D eigenvalue weighted by Crippen LogP contribution is 2.40. The fourth-order valence-electron chi connectivity index (χ4n) is 8.71. The predicted octanol–water partition coefficient (Wildman–Crippen LogP) is 13.0.